The summed E-state index contributed by atoms with van der Waals surface area (Å²) < 4.78 is 16.2. The summed E-state index contributed by atoms with van der Waals surface area (Å²) in [5.41, 5.74) is 2.80. The zero-order valence-electron chi connectivity index (χ0n) is 15.5. The van der Waals surface area contributed by atoms with E-state index in [1.807, 2.05) is 42.5 Å². The van der Waals surface area contributed by atoms with E-state index in [-0.39, 0.29) is 17.9 Å². The van der Waals surface area contributed by atoms with Crippen molar-refractivity contribution in [1.29, 1.82) is 0 Å². The molecule has 3 aromatic rings. The standard InChI is InChI=1S/C22H20O6/c1-26-20-10-7-16(11-21(20)27-2)15-5-3-14(4-6-15)13-28-17-8-9-18(22(24)25)19(23)12-17/h3-12,23H,13H2,1-2H3,(H,24,25). The number of carboxylic acid groups (broad SMARTS) is 1. The number of phenols is 1. The van der Waals surface area contributed by atoms with Crippen molar-refractivity contribution in [1.82, 2.24) is 0 Å². The number of aromatic hydroxyl groups is 1. The SMILES string of the molecule is COc1ccc(-c2ccc(COc3ccc(C(=O)O)c(O)c3)cc2)cc1OC. The fraction of sp³-hybridized carbons (Fsp3) is 0.136. The Balaban J connectivity index is 1.70. The van der Waals surface area contributed by atoms with Crippen LogP contribution in [0.4, 0.5) is 0 Å². The van der Waals surface area contributed by atoms with Crippen LogP contribution >= 0.6 is 0 Å². The second-order valence-electron chi connectivity index (χ2n) is 6.04. The second-order valence-corrected chi connectivity index (χ2v) is 6.04. The van der Waals surface area contributed by atoms with E-state index in [2.05, 4.69) is 0 Å². The van der Waals surface area contributed by atoms with Gasteiger partial charge in [-0.3, -0.25) is 0 Å². The highest BCUT2D eigenvalue weighted by Crippen LogP contribution is 2.32. The molecule has 0 saturated carbocycles. The van der Waals surface area contributed by atoms with Crippen molar-refractivity contribution in [2.45, 2.75) is 6.61 Å². The first-order chi connectivity index (χ1) is 13.5. The highest BCUT2D eigenvalue weighted by Gasteiger charge is 2.10. The Bertz CT molecular complexity index is 979. The van der Waals surface area contributed by atoms with Crippen LogP contribution < -0.4 is 14.2 Å². The van der Waals surface area contributed by atoms with Gasteiger partial charge in [0.2, 0.25) is 0 Å². The van der Waals surface area contributed by atoms with Crippen molar-refractivity contribution in [3.63, 3.8) is 0 Å². The number of ether oxygens (including phenoxy) is 3. The maximum atomic E-state index is 10.9. The minimum atomic E-state index is -1.19. The van der Waals surface area contributed by atoms with Gasteiger partial charge in [0.05, 0.1) is 14.2 Å². The molecule has 28 heavy (non-hydrogen) atoms. The zero-order chi connectivity index (χ0) is 20.1. The zero-order valence-corrected chi connectivity index (χ0v) is 15.5. The van der Waals surface area contributed by atoms with E-state index in [4.69, 9.17) is 19.3 Å². The van der Waals surface area contributed by atoms with Crippen LogP contribution in [0.25, 0.3) is 11.1 Å². The molecule has 0 radical (unpaired) electrons. The Morgan fingerprint density at radius 3 is 2.14 bits per heavy atom. The molecule has 0 aliphatic heterocycles. The molecule has 0 aromatic heterocycles. The molecule has 144 valence electrons. The first-order valence-corrected chi connectivity index (χ1v) is 8.52. The van der Waals surface area contributed by atoms with Crippen LogP contribution in [0.15, 0.2) is 60.7 Å². The first kappa shape index (κ1) is 19.1. The van der Waals surface area contributed by atoms with Crippen molar-refractivity contribution >= 4 is 5.97 Å². The molecule has 0 bridgehead atoms. The van der Waals surface area contributed by atoms with Gasteiger partial charge < -0.3 is 24.4 Å². The average Bonchev–Trinajstić information content (AvgIpc) is 2.72. The molecule has 3 aromatic carbocycles. The van der Waals surface area contributed by atoms with Crippen LogP contribution in [0.1, 0.15) is 15.9 Å². The average molecular weight is 380 g/mol. The third kappa shape index (κ3) is 4.17. The summed E-state index contributed by atoms with van der Waals surface area (Å²) >= 11 is 0. The third-order valence-corrected chi connectivity index (χ3v) is 4.28. The van der Waals surface area contributed by atoms with Crippen LogP contribution in [-0.2, 0) is 6.61 Å². The number of methoxy groups -OCH3 is 2. The minimum Gasteiger partial charge on any atom is -0.507 e. The molecule has 2 N–H and O–H groups in total. The second kappa shape index (κ2) is 8.35. The largest absolute Gasteiger partial charge is 0.507 e. The number of hydrogen-bond acceptors (Lipinski definition) is 5. The van der Waals surface area contributed by atoms with Gasteiger partial charge in [-0.25, -0.2) is 4.79 Å². The number of rotatable bonds is 7. The summed E-state index contributed by atoms with van der Waals surface area (Å²) in [7, 11) is 3.20. The molecule has 6 heteroatoms. The molecular formula is C22H20O6. The molecule has 0 unspecified atom stereocenters. The fourth-order valence-corrected chi connectivity index (χ4v) is 2.76. The molecule has 6 nitrogen and oxygen atoms in total. The van der Waals surface area contributed by atoms with Gasteiger partial charge in [-0.05, 0) is 41.0 Å². The van der Waals surface area contributed by atoms with E-state index in [9.17, 15) is 9.90 Å². The Morgan fingerprint density at radius 1 is 0.857 bits per heavy atom. The van der Waals surface area contributed by atoms with Gasteiger partial charge in [-0.1, -0.05) is 30.3 Å². The smallest absolute Gasteiger partial charge is 0.339 e. The lowest BCUT2D eigenvalue weighted by Gasteiger charge is -2.11. The maximum Gasteiger partial charge on any atom is 0.339 e. The van der Waals surface area contributed by atoms with Gasteiger partial charge in [0.25, 0.3) is 0 Å². The molecule has 3 rings (SSSR count). The van der Waals surface area contributed by atoms with E-state index in [1.165, 1.54) is 18.2 Å². The lowest BCUT2D eigenvalue weighted by molar-refractivity contribution is 0.0693. The Labute approximate surface area is 162 Å². The number of hydrogen-bond donors (Lipinski definition) is 2. The first-order valence-electron chi connectivity index (χ1n) is 8.52. The van der Waals surface area contributed by atoms with Gasteiger partial charge in [-0.2, -0.15) is 0 Å². The minimum absolute atomic E-state index is 0.161. The summed E-state index contributed by atoms with van der Waals surface area (Å²) in [5, 5.41) is 18.7. The normalized spacial score (nSPS) is 10.4. The van der Waals surface area contributed by atoms with Gasteiger partial charge in [0, 0.05) is 6.07 Å². The summed E-state index contributed by atoms with van der Waals surface area (Å²) in [6.45, 7) is 0.290. The van der Waals surface area contributed by atoms with Crippen LogP contribution in [0.3, 0.4) is 0 Å². The maximum absolute atomic E-state index is 10.9. The van der Waals surface area contributed by atoms with E-state index >= 15 is 0 Å². The molecule has 0 aliphatic rings. The molecule has 0 amide bonds. The van der Waals surface area contributed by atoms with Crippen molar-refractivity contribution in [2.75, 3.05) is 14.2 Å². The van der Waals surface area contributed by atoms with E-state index in [0.717, 1.165) is 16.7 Å². The lowest BCUT2D eigenvalue weighted by atomic mass is 10.0. The Morgan fingerprint density at radius 2 is 1.54 bits per heavy atom. The highest BCUT2D eigenvalue weighted by molar-refractivity contribution is 5.90. The summed E-state index contributed by atoms with van der Waals surface area (Å²) in [5.74, 6) is 0.223. The molecule has 0 heterocycles. The summed E-state index contributed by atoms with van der Waals surface area (Å²) in [4.78, 5) is 10.9. The Kier molecular flexibility index (Phi) is 5.69. The molecule has 0 aliphatic carbocycles. The van der Waals surface area contributed by atoms with Crippen molar-refractivity contribution in [3.05, 3.63) is 71.8 Å². The van der Waals surface area contributed by atoms with Crippen LogP contribution in [-0.4, -0.2) is 30.4 Å². The van der Waals surface area contributed by atoms with Crippen molar-refractivity contribution in [2.24, 2.45) is 0 Å². The highest BCUT2D eigenvalue weighted by atomic mass is 16.5. The van der Waals surface area contributed by atoms with Gasteiger partial charge in [-0.15, -0.1) is 0 Å². The topological polar surface area (TPSA) is 85.2 Å². The molecular weight excluding hydrogens is 360 g/mol. The van der Waals surface area contributed by atoms with E-state index < -0.39 is 5.97 Å². The third-order valence-electron chi connectivity index (χ3n) is 4.28. The summed E-state index contributed by atoms with van der Waals surface area (Å²) in [6, 6.07) is 17.7. The van der Waals surface area contributed by atoms with E-state index in [1.54, 1.807) is 14.2 Å². The summed E-state index contributed by atoms with van der Waals surface area (Å²) in [6.07, 6.45) is 0. The molecule has 0 atom stereocenters. The van der Waals surface area contributed by atoms with Crippen LogP contribution in [0.2, 0.25) is 0 Å². The monoisotopic (exact) mass is 380 g/mol. The lowest BCUT2D eigenvalue weighted by Crippen LogP contribution is -1.99. The number of carbonyl (C=O) groups is 1. The van der Waals surface area contributed by atoms with Crippen molar-refractivity contribution in [3.8, 4) is 34.1 Å². The van der Waals surface area contributed by atoms with Crippen LogP contribution in [0.5, 0.6) is 23.0 Å². The van der Waals surface area contributed by atoms with Gasteiger partial charge in [0.15, 0.2) is 11.5 Å². The predicted molar refractivity (Wildman–Crippen MR) is 104 cm³/mol. The molecule has 0 saturated heterocycles. The van der Waals surface area contributed by atoms with Gasteiger partial charge >= 0.3 is 5.97 Å². The van der Waals surface area contributed by atoms with Crippen molar-refractivity contribution < 1.29 is 29.2 Å². The Hall–Kier alpha value is -3.67. The fourth-order valence-electron chi connectivity index (χ4n) is 2.76. The number of aromatic carboxylic acids is 1. The van der Waals surface area contributed by atoms with Gasteiger partial charge in [0.1, 0.15) is 23.7 Å². The predicted octanol–water partition coefficient (Wildman–Crippen LogP) is 4.35. The molecule has 0 spiro atoms. The van der Waals surface area contributed by atoms with E-state index in [0.29, 0.717) is 17.2 Å². The number of carboxylic acids is 1. The quantitative estimate of drug-likeness (QED) is 0.634. The number of benzene rings is 3. The van der Waals surface area contributed by atoms with Crippen LogP contribution in [0, 0.1) is 0 Å². The molecule has 0 fully saturated rings.